The molecule has 0 N–H and O–H groups in total. The molecular weight excluding hydrogens is 203 g/mol. The lowest BCUT2D eigenvalue weighted by molar-refractivity contribution is -0.111. The van der Waals surface area contributed by atoms with Crippen molar-refractivity contribution in [1.82, 2.24) is 0 Å². The van der Waals surface area contributed by atoms with E-state index in [4.69, 9.17) is 11.6 Å². The van der Waals surface area contributed by atoms with Gasteiger partial charge in [0.15, 0.2) is 0 Å². The van der Waals surface area contributed by atoms with Gasteiger partial charge in [-0.15, -0.1) is 0 Å². The molecule has 1 nitrogen and oxygen atoms in total. The van der Waals surface area contributed by atoms with Gasteiger partial charge in [-0.25, -0.2) is 4.39 Å². The zero-order valence-corrected chi connectivity index (χ0v) is 8.72. The van der Waals surface area contributed by atoms with Gasteiger partial charge in [-0.2, -0.15) is 0 Å². The second-order valence-corrected chi connectivity index (χ2v) is 3.65. The second kappa shape index (κ2) is 5.11. The summed E-state index contributed by atoms with van der Waals surface area (Å²) < 4.78 is 12.9. The molecule has 3 heteroatoms. The van der Waals surface area contributed by atoms with E-state index in [0.29, 0.717) is 17.0 Å². The molecule has 1 atom stereocenters. The van der Waals surface area contributed by atoms with Crippen molar-refractivity contribution in [3.8, 4) is 0 Å². The molecule has 1 aromatic rings. The summed E-state index contributed by atoms with van der Waals surface area (Å²) in [5.41, 5.74) is 0.700. The molecule has 14 heavy (non-hydrogen) atoms. The first-order valence-electron chi connectivity index (χ1n) is 4.56. The van der Waals surface area contributed by atoms with Gasteiger partial charge in [-0.3, -0.25) is 0 Å². The maximum atomic E-state index is 12.9. The van der Waals surface area contributed by atoms with E-state index >= 15 is 0 Å². The van der Waals surface area contributed by atoms with Crippen molar-refractivity contribution in [1.29, 1.82) is 0 Å². The van der Waals surface area contributed by atoms with E-state index in [1.807, 2.05) is 6.92 Å². The van der Waals surface area contributed by atoms with Gasteiger partial charge in [0.2, 0.25) is 0 Å². The lowest BCUT2D eigenvalue weighted by Crippen LogP contribution is -2.05. The quantitative estimate of drug-likeness (QED) is 0.704. The summed E-state index contributed by atoms with van der Waals surface area (Å²) in [7, 11) is 0. The first kappa shape index (κ1) is 11.2. The van der Waals surface area contributed by atoms with Crippen molar-refractivity contribution < 1.29 is 9.18 Å². The molecule has 0 saturated heterocycles. The highest BCUT2D eigenvalue weighted by Crippen LogP contribution is 2.20. The Morgan fingerprint density at radius 1 is 1.57 bits per heavy atom. The fraction of sp³-hybridized carbons (Fsp3) is 0.364. The predicted molar refractivity (Wildman–Crippen MR) is 55.0 cm³/mol. The fourth-order valence-corrected chi connectivity index (χ4v) is 1.47. The van der Waals surface area contributed by atoms with Crippen LogP contribution < -0.4 is 0 Å². The summed E-state index contributed by atoms with van der Waals surface area (Å²) in [6.45, 7) is 1.92. The molecule has 0 aliphatic heterocycles. The maximum absolute atomic E-state index is 12.9. The Bertz CT molecular complexity index is 325. The second-order valence-electron chi connectivity index (χ2n) is 3.24. The van der Waals surface area contributed by atoms with E-state index in [0.717, 1.165) is 12.7 Å². The number of benzene rings is 1. The molecule has 0 aromatic heterocycles. The van der Waals surface area contributed by atoms with Crippen molar-refractivity contribution in [2.75, 3.05) is 0 Å². The summed E-state index contributed by atoms with van der Waals surface area (Å²) in [5.74, 6) is -0.389. The number of carbonyl (C=O) groups excluding carboxylic acids is 1. The molecule has 1 rings (SSSR count). The molecule has 0 bridgehead atoms. The van der Waals surface area contributed by atoms with Gasteiger partial charge in [0.1, 0.15) is 12.1 Å². The molecule has 0 aliphatic rings. The van der Waals surface area contributed by atoms with Crippen LogP contribution in [0.25, 0.3) is 0 Å². The van der Waals surface area contributed by atoms with Crippen LogP contribution in [0.5, 0.6) is 0 Å². The van der Waals surface area contributed by atoms with E-state index in [9.17, 15) is 9.18 Å². The summed E-state index contributed by atoms with van der Waals surface area (Å²) in [6.07, 6.45) is 2.15. The van der Waals surface area contributed by atoms with Crippen LogP contribution in [0.15, 0.2) is 18.2 Å². The number of rotatable bonds is 4. The summed E-state index contributed by atoms with van der Waals surface area (Å²) >= 11 is 5.87. The van der Waals surface area contributed by atoms with Gasteiger partial charge in [-0.1, -0.05) is 18.5 Å². The van der Waals surface area contributed by atoms with Crippen LogP contribution >= 0.6 is 11.6 Å². The highest BCUT2D eigenvalue weighted by Gasteiger charge is 2.09. The number of carbonyl (C=O) groups is 1. The Kier molecular flexibility index (Phi) is 4.08. The molecule has 0 fully saturated rings. The van der Waals surface area contributed by atoms with Crippen LogP contribution in [-0.2, 0) is 11.2 Å². The van der Waals surface area contributed by atoms with Crippen molar-refractivity contribution in [3.63, 3.8) is 0 Å². The molecule has 76 valence electrons. The number of halogens is 2. The molecule has 1 unspecified atom stereocenters. The van der Waals surface area contributed by atoms with E-state index < -0.39 is 0 Å². The van der Waals surface area contributed by atoms with Crippen molar-refractivity contribution >= 4 is 17.9 Å². The lowest BCUT2D eigenvalue weighted by Gasteiger charge is -2.08. The summed E-state index contributed by atoms with van der Waals surface area (Å²) in [5, 5.41) is 0.520. The van der Waals surface area contributed by atoms with Crippen molar-refractivity contribution in [3.05, 3.63) is 34.6 Å². The smallest absolute Gasteiger partial charge is 0.123 e. The molecule has 0 heterocycles. The lowest BCUT2D eigenvalue weighted by atomic mass is 9.98. The highest BCUT2D eigenvalue weighted by molar-refractivity contribution is 6.31. The van der Waals surface area contributed by atoms with Gasteiger partial charge in [0.05, 0.1) is 0 Å². The van der Waals surface area contributed by atoms with E-state index in [-0.39, 0.29) is 11.7 Å². The molecule has 0 aliphatic carbocycles. The molecule has 0 spiro atoms. The van der Waals surface area contributed by atoms with Gasteiger partial charge in [0.25, 0.3) is 0 Å². The van der Waals surface area contributed by atoms with Crippen LogP contribution in [0.4, 0.5) is 4.39 Å². The fourth-order valence-electron chi connectivity index (χ4n) is 1.27. The van der Waals surface area contributed by atoms with Crippen LogP contribution in [0.2, 0.25) is 5.02 Å². The van der Waals surface area contributed by atoms with Crippen LogP contribution in [0.1, 0.15) is 18.9 Å². The molecule has 0 amide bonds. The number of hydrogen-bond acceptors (Lipinski definition) is 1. The Labute approximate surface area is 87.9 Å². The Hall–Kier alpha value is -0.890. The summed E-state index contributed by atoms with van der Waals surface area (Å²) in [6, 6.07) is 4.21. The Morgan fingerprint density at radius 3 is 2.86 bits per heavy atom. The van der Waals surface area contributed by atoms with Crippen LogP contribution in [0, 0.1) is 11.7 Å². The number of aldehydes is 1. The average Bonchev–Trinajstić information content (AvgIpc) is 2.19. The van der Waals surface area contributed by atoms with E-state index in [1.54, 1.807) is 0 Å². The minimum atomic E-state index is -0.315. The monoisotopic (exact) mass is 214 g/mol. The first-order valence-corrected chi connectivity index (χ1v) is 4.94. The topological polar surface area (TPSA) is 17.1 Å². The van der Waals surface area contributed by atoms with Crippen molar-refractivity contribution in [2.45, 2.75) is 19.8 Å². The van der Waals surface area contributed by atoms with Gasteiger partial charge < -0.3 is 4.79 Å². The largest absolute Gasteiger partial charge is 0.303 e. The summed E-state index contributed by atoms with van der Waals surface area (Å²) in [4.78, 5) is 10.6. The minimum Gasteiger partial charge on any atom is -0.303 e. The molecule has 1 aromatic carbocycles. The van der Waals surface area contributed by atoms with Crippen LogP contribution in [-0.4, -0.2) is 6.29 Å². The van der Waals surface area contributed by atoms with Crippen LogP contribution in [0.3, 0.4) is 0 Å². The first-order chi connectivity index (χ1) is 6.67. The zero-order valence-electron chi connectivity index (χ0n) is 7.97. The predicted octanol–water partition coefficient (Wildman–Crippen LogP) is 3.25. The number of hydrogen-bond donors (Lipinski definition) is 0. The third kappa shape index (κ3) is 2.81. The third-order valence-electron chi connectivity index (χ3n) is 2.21. The average molecular weight is 215 g/mol. The van der Waals surface area contributed by atoms with Gasteiger partial charge in [0, 0.05) is 10.9 Å². The highest BCUT2D eigenvalue weighted by atomic mass is 35.5. The Balaban J connectivity index is 2.84. The molecular formula is C11H12ClFO. The molecule has 0 radical (unpaired) electrons. The zero-order chi connectivity index (χ0) is 10.6. The standard InChI is InChI=1S/C11H12ClFO/c1-2-8(7-14)5-9-6-10(13)3-4-11(9)12/h3-4,6-8H,2,5H2,1H3. The Morgan fingerprint density at radius 2 is 2.29 bits per heavy atom. The maximum Gasteiger partial charge on any atom is 0.123 e. The van der Waals surface area contributed by atoms with Gasteiger partial charge in [-0.05, 0) is 36.6 Å². The van der Waals surface area contributed by atoms with E-state index in [1.165, 1.54) is 18.2 Å². The van der Waals surface area contributed by atoms with E-state index in [2.05, 4.69) is 0 Å². The third-order valence-corrected chi connectivity index (χ3v) is 2.58. The minimum absolute atomic E-state index is 0.0747. The SMILES string of the molecule is CCC(C=O)Cc1cc(F)ccc1Cl. The van der Waals surface area contributed by atoms with Crippen molar-refractivity contribution in [2.24, 2.45) is 5.92 Å². The normalized spacial score (nSPS) is 12.5. The van der Waals surface area contributed by atoms with Gasteiger partial charge >= 0.3 is 0 Å². The molecule has 0 saturated carbocycles.